The van der Waals surface area contributed by atoms with Crippen LogP contribution in [0.25, 0.3) is 0 Å². The lowest BCUT2D eigenvalue weighted by Crippen LogP contribution is -2.41. The van der Waals surface area contributed by atoms with Gasteiger partial charge in [0, 0.05) is 6.54 Å². The third kappa shape index (κ3) is 3.47. The summed E-state index contributed by atoms with van der Waals surface area (Å²) < 4.78 is 5.17. The Hall–Kier alpha value is -1.55. The fourth-order valence-corrected chi connectivity index (χ4v) is 2.19. The van der Waals surface area contributed by atoms with Crippen LogP contribution >= 0.6 is 0 Å². The number of nitrogens with one attached hydrogen (secondary N) is 2. The molecule has 1 unspecified atom stereocenters. The number of rotatable bonds is 5. The van der Waals surface area contributed by atoms with Gasteiger partial charge in [-0.2, -0.15) is 0 Å². The van der Waals surface area contributed by atoms with Gasteiger partial charge in [-0.3, -0.25) is 4.79 Å². The van der Waals surface area contributed by atoms with Crippen molar-refractivity contribution in [3.8, 4) is 5.75 Å². The zero-order valence-corrected chi connectivity index (χ0v) is 10.7. The topological polar surface area (TPSA) is 50.4 Å². The van der Waals surface area contributed by atoms with Gasteiger partial charge in [0.05, 0.1) is 13.2 Å². The van der Waals surface area contributed by atoms with Gasteiger partial charge in [-0.15, -0.1) is 0 Å². The van der Waals surface area contributed by atoms with Crippen molar-refractivity contribution in [3.63, 3.8) is 0 Å². The molecule has 0 saturated carbocycles. The van der Waals surface area contributed by atoms with Gasteiger partial charge in [0.15, 0.2) is 0 Å². The molecule has 0 spiro atoms. The molecule has 2 rings (SSSR count). The molecule has 1 amide bonds. The van der Waals surface area contributed by atoms with Gasteiger partial charge in [0.1, 0.15) is 5.75 Å². The Morgan fingerprint density at radius 3 is 3.17 bits per heavy atom. The first kappa shape index (κ1) is 12.9. The minimum atomic E-state index is 0.00955. The highest BCUT2D eigenvalue weighted by Gasteiger charge is 2.21. The number of hydrogen-bond donors (Lipinski definition) is 2. The standard InChI is InChI=1S/C14H20N2O2/c1-18-12-5-2-4-11(10-12)7-9-16-14(17)13-6-3-8-15-13/h2,4-5,10,13,15H,3,6-9H2,1H3,(H,16,17). The molecule has 0 aromatic heterocycles. The van der Waals surface area contributed by atoms with Crippen molar-refractivity contribution in [2.75, 3.05) is 20.2 Å². The van der Waals surface area contributed by atoms with Crippen LogP contribution in [0.3, 0.4) is 0 Å². The van der Waals surface area contributed by atoms with Crippen LogP contribution in [0, 0.1) is 0 Å². The monoisotopic (exact) mass is 248 g/mol. The Kier molecular flexibility index (Phi) is 4.59. The second kappa shape index (κ2) is 6.40. The average molecular weight is 248 g/mol. The quantitative estimate of drug-likeness (QED) is 0.820. The van der Waals surface area contributed by atoms with Crippen LogP contribution in [0.1, 0.15) is 18.4 Å². The van der Waals surface area contributed by atoms with E-state index in [2.05, 4.69) is 10.6 Å². The van der Waals surface area contributed by atoms with E-state index in [0.29, 0.717) is 6.54 Å². The van der Waals surface area contributed by atoms with Crippen molar-refractivity contribution in [1.29, 1.82) is 0 Å². The van der Waals surface area contributed by atoms with Crippen LogP contribution < -0.4 is 15.4 Å². The first-order chi connectivity index (χ1) is 8.79. The molecule has 1 aliphatic heterocycles. The second-order valence-corrected chi connectivity index (χ2v) is 4.54. The van der Waals surface area contributed by atoms with Gasteiger partial charge < -0.3 is 15.4 Å². The number of carbonyl (C=O) groups excluding carboxylic acids is 1. The van der Waals surface area contributed by atoms with Crippen LogP contribution in [0.15, 0.2) is 24.3 Å². The lowest BCUT2D eigenvalue weighted by atomic mass is 10.1. The van der Waals surface area contributed by atoms with Crippen LogP contribution in [-0.4, -0.2) is 32.1 Å². The van der Waals surface area contributed by atoms with Gasteiger partial charge in [0.25, 0.3) is 0 Å². The summed E-state index contributed by atoms with van der Waals surface area (Å²) in [5, 5.41) is 6.16. The molecule has 4 nitrogen and oxygen atoms in total. The van der Waals surface area contributed by atoms with Crippen LogP contribution in [-0.2, 0) is 11.2 Å². The third-order valence-electron chi connectivity index (χ3n) is 3.22. The minimum Gasteiger partial charge on any atom is -0.497 e. The van der Waals surface area contributed by atoms with Crippen LogP contribution in [0.2, 0.25) is 0 Å². The Labute approximate surface area is 108 Å². The van der Waals surface area contributed by atoms with Gasteiger partial charge in [-0.25, -0.2) is 0 Å². The molecule has 1 atom stereocenters. The van der Waals surface area contributed by atoms with Gasteiger partial charge in [-0.1, -0.05) is 12.1 Å². The Balaban J connectivity index is 1.75. The molecule has 1 aliphatic rings. The van der Waals surface area contributed by atoms with Crippen molar-refractivity contribution in [2.45, 2.75) is 25.3 Å². The molecular weight excluding hydrogens is 228 g/mol. The summed E-state index contributed by atoms with van der Waals surface area (Å²) in [5.74, 6) is 0.978. The summed E-state index contributed by atoms with van der Waals surface area (Å²) in [6.45, 7) is 1.62. The van der Waals surface area contributed by atoms with E-state index in [-0.39, 0.29) is 11.9 Å². The summed E-state index contributed by atoms with van der Waals surface area (Å²) in [6.07, 6.45) is 2.87. The highest BCUT2D eigenvalue weighted by atomic mass is 16.5. The van der Waals surface area contributed by atoms with Crippen LogP contribution in [0.5, 0.6) is 5.75 Å². The normalized spacial score (nSPS) is 18.6. The van der Waals surface area contributed by atoms with E-state index in [4.69, 9.17) is 4.74 Å². The number of methoxy groups -OCH3 is 1. The average Bonchev–Trinajstić information content (AvgIpc) is 2.93. The Morgan fingerprint density at radius 1 is 1.56 bits per heavy atom. The van der Waals surface area contributed by atoms with Crippen molar-refractivity contribution in [2.24, 2.45) is 0 Å². The van der Waals surface area contributed by atoms with E-state index in [9.17, 15) is 4.79 Å². The summed E-state index contributed by atoms with van der Waals surface area (Å²) in [5.41, 5.74) is 1.18. The molecule has 1 aromatic rings. The van der Waals surface area contributed by atoms with E-state index in [1.807, 2.05) is 24.3 Å². The molecule has 1 fully saturated rings. The fraction of sp³-hybridized carbons (Fsp3) is 0.500. The fourth-order valence-electron chi connectivity index (χ4n) is 2.19. The van der Waals surface area contributed by atoms with Crippen molar-refractivity contribution >= 4 is 5.91 Å². The third-order valence-corrected chi connectivity index (χ3v) is 3.22. The van der Waals surface area contributed by atoms with E-state index >= 15 is 0 Å². The summed E-state index contributed by atoms with van der Waals surface area (Å²) in [7, 11) is 1.66. The minimum absolute atomic E-state index is 0.00955. The van der Waals surface area contributed by atoms with Gasteiger partial charge in [0.2, 0.25) is 5.91 Å². The molecule has 1 saturated heterocycles. The lowest BCUT2D eigenvalue weighted by molar-refractivity contribution is -0.122. The van der Waals surface area contributed by atoms with E-state index in [1.165, 1.54) is 5.56 Å². The number of hydrogen-bond acceptors (Lipinski definition) is 3. The Morgan fingerprint density at radius 2 is 2.44 bits per heavy atom. The molecule has 18 heavy (non-hydrogen) atoms. The molecule has 98 valence electrons. The zero-order valence-electron chi connectivity index (χ0n) is 10.7. The molecule has 0 radical (unpaired) electrons. The molecular formula is C14H20N2O2. The first-order valence-electron chi connectivity index (χ1n) is 6.43. The maximum Gasteiger partial charge on any atom is 0.237 e. The highest BCUT2D eigenvalue weighted by molar-refractivity contribution is 5.81. The second-order valence-electron chi connectivity index (χ2n) is 4.54. The van der Waals surface area contributed by atoms with Crippen molar-refractivity contribution in [1.82, 2.24) is 10.6 Å². The largest absolute Gasteiger partial charge is 0.497 e. The molecule has 2 N–H and O–H groups in total. The number of amides is 1. The SMILES string of the molecule is COc1cccc(CCNC(=O)C2CCCN2)c1. The lowest BCUT2D eigenvalue weighted by Gasteiger charge is -2.11. The maximum absolute atomic E-state index is 11.8. The highest BCUT2D eigenvalue weighted by Crippen LogP contribution is 2.12. The molecule has 1 aromatic carbocycles. The predicted octanol–water partition coefficient (Wildman–Crippen LogP) is 1.11. The summed E-state index contributed by atoms with van der Waals surface area (Å²) in [6, 6.07) is 7.94. The maximum atomic E-state index is 11.8. The predicted molar refractivity (Wildman–Crippen MR) is 70.7 cm³/mol. The first-order valence-corrected chi connectivity index (χ1v) is 6.43. The molecule has 4 heteroatoms. The molecule has 1 heterocycles. The van der Waals surface area contributed by atoms with E-state index in [1.54, 1.807) is 7.11 Å². The van der Waals surface area contributed by atoms with Crippen molar-refractivity contribution < 1.29 is 9.53 Å². The number of carbonyl (C=O) groups is 1. The summed E-state index contributed by atoms with van der Waals surface area (Å²) >= 11 is 0. The smallest absolute Gasteiger partial charge is 0.237 e. The zero-order chi connectivity index (χ0) is 12.8. The van der Waals surface area contributed by atoms with E-state index in [0.717, 1.165) is 31.6 Å². The van der Waals surface area contributed by atoms with Gasteiger partial charge in [-0.05, 0) is 43.5 Å². The van der Waals surface area contributed by atoms with E-state index < -0.39 is 0 Å². The number of benzene rings is 1. The van der Waals surface area contributed by atoms with Crippen molar-refractivity contribution in [3.05, 3.63) is 29.8 Å². The summed E-state index contributed by atoms with van der Waals surface area (Å²) in [4.78, 5) is 11.8. The number of ether oxygens (including phenoxy) is 1. The molecule has 0 aliphatic carbocycles. The van der Waals surface area contributed by atoms with Gasteiger partial charge >= 0.3 is 0 Å². The Bertz CT molecular complexity index is 401. The van der Waals surface area contributed by atoms with Crippen LogP contribution in [0.4, 0.5) is 0 Å². The molecule has 0 bridgehead atoms.